The number of carbonyl (C=O) groups excluding carboxylic acids is 4. The summed E-state index contributed by atoms with van der Waals surface area (Å²) in [5.41, 5.74) is 3.43. The van der Waals surface area contributed by atoms with E-state index >= 15 is 0 Å². The highest BCUT2D eigenvalue weighted by Gasteiger charge is 2.50. The second kappa shape index (κ2) is 10.4. The summed E-state index contributed by atoms with van der Waals surface area (Å²) in [6.07, 6.45) is 2.21. The van der Waals surface area contributed by atoms with Crippen molar-refractivity contribution in [1.29, 1.82) is 0 Å². The summed E-state index contributed by atoms with van der Waals surface area (Å²) in [5, 5.41) is 2.71. The lowest BCUT2D eigenvalue weighted by atomic mass is 9.73. The molecule has 3 aromatic rings. The molecule has 5 rings (SSSR count). The van der Waals surface area contributed by atoms with E-state index in [1.165, 1.54) is 22.6 Å². The standard InChI is InChI=1S/C30H28N2O5/c1-19-7-5-6-10-26(19)31-27(33)18-37-30(36)21-11-14-23(15-12-21)32-28(34)24-16-13-22(17-25(24)29(32)35)20-8-3-2-4-9-20/h2-12,14-15,22,24-25H,13,16-18H2,1H3,(H,31,33)/t22-,24+,25-/m0/s1. The van der Waals surface area contributed by atoms with Crippen molar-refractivity contribution in [3.63, 3.8) is 0 Å². The second-order valence-corrected chi connectivity index (χ2v) is 9.63. The molecule has 1 aliphatic heterocycles. The van der Waals surface area contributed by atoms with Crippen LogP contribution in [-0.2, 0) is 19.1 Å². The van der Waals surface area contributed by atoms with Crippen molar-refractivity contribution in [2.75, 3.05) is 16.8 Å². The van der Waals surface area contributed by atoms with Crippen molar-refractivity contribution in [1.82, 2.24) is 0 Å². The molecule has 7 nitrogen and oxygen atoms in total. The van der Waals surface area contributed by atoms with Gasteiger partial charge >= 0.3 is 5.97 Å². The van der Waals surface area contributed by atoms with Crippen LogP contribution in [0.25, 0.3) is 0 Å². The monoisotopic (exact) mass is 496 g/mol. The predicted molar refractivity (Wildman–Crippen MR) is 139 cm³/mol. The smallest absolute Gasteiger partial charge is 0.338 e. The second-order valence-electron chi connectivity index (χ2n) is 9.63. The molecule has 0 spiro atoms. The van der Waals surface area contributed by atoms with Gasteiger partial charge in [0.1, 0.15) is 0 Å². The first kappa shape index (κ1) is 24.4. The Bertz CT molecular complexity index is 1340. The summed E-state index contributed by atoms with van der Waals surface area (Å²) in [6.45, 7) is 1.44. The lowest BCUT2D eigenvalue weighted by molar-refractivity contribution is -0.122. The molecular weight excluding hydrogens is 468 g/mol. The molecule has 0 bridgehead atoms. The first-order chi connectivity index (χ1) is 17.9. The number of rotatable bonds is 6. The number of nitrogens with zero attached hydrogens (tertiary/aromatic N) is 1. The molecule has 0 unspecified atom stereocenters. The van der Waals surface area contributed by atoms with E-state index in [0.29, 0.717) is 24.2 Å². The summed E-state index contributed by atoms with van der Waals surface area (Å²) < 4.78 is 5.14. The third-order valence-electron chi connectivity index (χ3n) is 7.31. The van der Waals surface area contributed by atoms with Crippen LogP contribution < -0.4 is 10.2 Å². The minimum absolute atomic E-state index is 0.176. The number of fused-ring (bicyclic) bond motifs is 1. The Hall–Kier alpha value is -4.26. The number of carbonyl (C=O) groups is 4. The molecule has 3 amide bonds. The summed E-state index contributed by atoms with van der Waals surface area (Å²) in [5.74, 6) is -1.83. The fraction of sp³-hybridized carbons (Fsp3) is 0.267. The van der Waals surface area contributed by atoms with Crippen LogP contribution in [0.5, 0.6) is 0 Å². The van der Waals surface area contributed by atoms with Gasteiger partial charge in [-0.05, 0) is 73.6 Å². The van der Waals surface area contributed by atoms with Crippen molar-refractivity contribution < 1.29 is 23.9 Å². The van der Waals surface area contributed by atoms with E-state index in [1.54, 1.807) is 18.2 Å². The number of aryl methyl sites for hydroxylation is 1. The molecule has 3 atom stereocenters. The fourth-order valence-electron chi connectivity index (χ4n) is 5.32. The number of hydrogen-bond acceptors (Lipinski definition) is 5. The van der Waals surface area contributed by atoms with Crippen molar-refractivity contribution in [2.24, 2.45) is 11.8 Å². The summed E-state index contributed by atoms with van der Waals surface area (Å²) in [7, 11) is 0. The van der Waals surface area contributed by atoms with Gasteiger partial charge in [-0.25, -0.2) is 4.79 Å². The van der Waals surface area contributed by atoms with Crippen LogP contribution in [0, 0.1) is 18.8 Å². The lowest BCUT2D eigenvalue weighted by Crippen LogP contribution is -2.30. The molecule has 1 saturated carbocycles. The molecule has 0 radical (unpaired) electrons. The van der Waals surface area contributed by atoms with E-state index in [-0.39, 0.29) is 35.1 Å². The minimum Gasteiger partial charge on any atom is -0.452 e. The Morgan fingerprint density at radius 2 is 1.54 bits per heavy atom. The van der Waals surface area contributed by atoms with Crippen LogP contribution in [0.1, 0.15) is 46.7 Å². The molecule has 37 heavy (non-hydrogen) atoms. The number of nitrogens with one attached hydrogen (secondary N) is 1. The van der Waals surface area contributed by atoms with Gasteiger partial charge in [-0.2, -0.15) is 0 Å². The van der Waals surface area contributed by atoms with Crippen LogP contribution in [-0.4, -0.2) is 30.3 Å². The molecule has 1 saturated heterocycles. The Kier molecular flexibility index (Phi) is 6.86. The van der Waals surface area contributed by atoms with Gasteiger partial charge in [-0.1, -0.05) is 48.5 Å². The van der Waals surface area contributed by atoms with Crippen LogP contribution in [0.3, 0.4) is 0 Å². The topological polar surface area (TPSA) is 92.8 Å². The Labute approximate surface area is 215 Å². The number of hydrogen-bond donors (Lipinski definition) is 1. The predicted octanol–water partition coefficient (Wildman–Crippen LogP) is 4.86. The maximum atomic E-state index is 13.3. The molecule has 1 aliphatic carbocycles. The van der Waals surface area contributed by atoms with Gasteiger partial charge in [0.25, 0.3) is 5.91 Å². The maximum absolute atomic E-state index is 13.3. The molecule has 0 aromatic heterocycles. The average molecular weight is 497 g/mol. The molecule has 2 aliphatic rings. The normalized spacial score (nSPS) is 20.9. The van der Waals surface area contributed by atoms with E-state index in [2.05, 4.69) is 17.4 Å². The van der Waals surface area contributed by atoms with Gasteiger partial charge in [-0.3, -0.25) is 19.3 Å². The molecule has 1 heterocycles. The van der Waals surface area contributed by atoms with Gasteiger partial charge < -0.3 is 10.1 Å². The molecule has 7 heteroatoms. The SMILES string of the molecule is Cc1ccccc1NC(=O)COC(=O)c1ccc(N2C(=O)[C@H]3C[C@@H](c4ccccc4)CC[C@H]3C2=O)cc1. The molecule has 2 fully saturated rings. The summed E-state index contributed by atoms with van der Waals surface area (Å²) in [4.78, 5) is 52.3. The van der Waals surface area contributed by atoms with E-state index in [9.17, 15) is 19.2 Å². The van der Waals surface area contributed by atoms with Crippen LogP contribution in [0.15, 0.2) is 78.9 Å². The Morgan fingerprint density at radius 3 is 2.27 bits per heavy atom. The van der Waals surface area contributed by atoms with E-state index in [0.717, 1.165) is 12.0 Å². The number of amides is 3. The lowest BCUT2D eigenvalue weighted by Gasteiger charge is -2.28. The zero-order chi connectivity index (χ0) is 25.9. The summed E-state index contributed by atoms with van der Waals surface area (Å²) >= 11 is 0. The minimum atomic E-state index is -0.662. The number of para-hydroxylation sites is 1. The van der Waals surface area contributed by atoms with Crippen LogP contribution in [0.4, 0.5) is 11.4 Å². The average Bonchev–Trinajstić information content (AvgIpc) is 3.18. The number of benzene rings is 3. The van der Waals surface area contributed by atoms with E-state index in [1.807, 2.05) is 43.3 Å². The van der Waals surface area contributed by atoms with Gasteiger partial charge in [0.05, 0.1) is 23.1 Å². The van der Waals surface area contributed by atoms with Gasteiger partial charge in [0, 0.05) is 5.69 Å². The Morgan fingerprint density at radius 1 is 0.865 bits per heavy atom. The third kappa shape index (κ3) is 5.03. The van der Waals surface area contributed by atoms with Gasteiger partial charge in [-0.15, -0.1) is 0 Å². The van der Waals surface area contributed by atoms with Crippen LogP contribution in [0.2, 0.25) is 0 Å². The fourth-order valence-corrected chi connectivity index (χ4v) is 5.32. The van der Waals surface area contributed by atoms with Crippen molar-refractivity contribution in [3.05, 3.63) is 95.6 Å². The van der Waals surface area contributed by atoms with E-state index < -0.39 is 18.5 Å². The number of anilines is 2. The van der Waals surface area contributed by atoms with E-state index in [4.69, 9.17) is 4.74 Å². The van der Waals surface area contributed by atoms with Crippen molar-refractivity contribution in [2.45, 2.75) is 32.1 Å². The maximum Gasteiger partial charge on any atom is 0.338 e. The number of ether oxygens (including phenoxy) is 1. The first-order valence-corrected chi connectivity index (χ1v) is 12.5. The largest absolute Gasteiger partial charge is 0.452 e. The molecule has 3 aromatic carbocycles. The van der Waals surface area contributed by atoms with Crippen molar-refractivity contribution in [3.8, 4) is 0 Å². The zero-order valence-corrected chi connectivity index (χ0v) is 20.6. The number of imide groups is 1. The highest BCUT2D eigenvalue weighted by Crippen LogP contribution is 2.45. The zero-order valence-electron chi connectivity index (χ0n) is 20.6. The highest BCUT2D eigenvalue weighted by molar-refractivity contribution is 6.22. The van der Waals surface area contributed by atoms with Gasteiger partial charge in [0.15, 0.2) is 6.61 Å². The van der Waals surface area contributed by atoms with Gasteiger partial charge in [0.2, 0.25) is 11.8 Å². The molecular formula is C30H28N2O5. The first-order valence-electron chi connectivity index (χ1n) is 12.5. The van der Waals surface area contributed by atoms with Crippen molar-refractivity contribution >= 4 is 35.1 Å². The molecule has 188 valence electrons. The third-order valence-corrected chi connectivity index (χ3v) is 7.31. The highest BCUT2D eigenvalue weighted by atomic mass is 16.5. The molecule has 1 N–H and O–H groups in total. The Balaban J connectivity index is 1.20. The van der Waals surface area contributed by atoms with Crippen LogP contribution >= 0.6 is 0 Å². The number of esters is 1. The quantitative estimate of drug-likeness (QED) is 0.389. The summed E-state index contributed by atoms with van der Waals surface area (Å²) in [6, 6.07) is 23.6.